The summed E-state index contributed by atoms with van der Waals surface area (Å²) in [7, 11) is 1.13. The van der Waals surface area contributed by atoms with E-state index in [1.54, 1.807) is 31.2 Å². The molecule has 1 unspecified atom stereocenters. The van der Waals surface area contributed by atoms with E-state index in [0.29, 0.717) is 0 Å². The van der Waals surface area contributed by atoms with Crippen molar-refractivity contribution in [3.05, 3.63) is 71.8 Å². The molecule has 0 bridgehead atoms. The summed E-state index contributed by atoms with van der Waals surface area (Å²) in [6, 6.07) is 10.7. The highest BCUT2D eigenvalue weighted by molar-refractivity contribution is 5.96. The van der Waals surface area contributed by atoms with Crippen molar-refractivity contribution in [2.24, 2.45) is 0 Å². The van der Waals surface area contributed by atoms with Gasteiger partial charge in [0.2, 0.25) is 0 Å². The smallest absolute Gasteiger partial charge is 0.471 e. The molecule has 2 aromatic carbocycles. The van der Waals surface area contributed by atoms with Crippen molar-refractivity contribution < 1.29 is 46.8 Å². The Hall–Kier alpha value is -3.57. The number of methoxy groups -OCH3 is 1. The lowest BCUT2D eigenvalue weighted by Crippen LogP contribution is -2.56. The zero-order chi connectivity index (χ0) is 27.2. The fourth-order valence-corrected chi connectivity index (χ4v) is 4.11. The maximum atomic E-state index is 13.1. The Bertz CT molecular complexity index is 1110. The number of carbonyl (C=O) groups is 2. The van der Waals surface area contributed by atoms with Crippen LogP contribution < -0.4 is 10.1 Å². The third-order valence-electron chi connectivity index (χ3n) is 5.83. The van der Waals surface area contributed by atoms with Crippen LogP contribution >= 0.6 is 0 Å². The van der Waals surface area contributed by atoms with E-state index in [4.69, 9.17) is 18.9 Å². The number of benzene rings is 2. The molecule has 2 aromatic rings. The summed E-state index contributed by atoms with van der Waals surface area (Å²) >= 11 is 0. The predicted molar refractivity (Wildman–Crippen MR) is 126 cm³/mol. The van der Waals surface area contributed by atoms with Gasteiger partial charge < -0.3 is 29.4 Å². The lowest BCUT2D eigenvalue weighted by atomic mass is 9.90. The molecular weight excluding hydrogens is 495 g/mol. The molecule has 0 spiro atoms. The number of rotatable bonds is 9. The summed E-state index contributed by atoms with van der Waals surface area (Å²) in [5.41, 5.74) is 0.635. The lowest BCUT2D eigenvalue weighted by Gasteiger charge is -2.41. The highest BCUT2D eigenvalue weighted by Crippen LogP contribution is 2.41. The van der Waals surface area contributed by atoms with Gasteiger partial charge in [-0.25, -0.2) is 4.79 Å². The van der Waals surface area contributed by atoms with Crippen LogP contribution in [0.4, 0.5) is 13.2 Å². The van der Waals surface area contributed by atoms with E-state index in [1.807, 2.05) is 11.4 Å². The Morgan fingerprint density at radius 3 is 2.54 bits per heavy atom. The number of esters is 1. The van der Waals surface area contributed by atoms with E-state index < -0.39 is 48.2 Å². The van der Waals surface area contributed by atoms with Gasteiger partial charge in [0.1, 0.15) is 29.8 Å². The van der Waals surface area contributed by atoms with Crippen molar-refractivity contribution in [1.82, 2.24) is 5.32 Å². The zero-order valence-corrected chi connectivity index (χ0v) is 20.3. The molecule has 1 amide bonds. The summed E-state index contributed by atoms with van der Waals surface area (Å²) < 4.78 is 61.4. The summed E-state index contributed by atoms with van der Waals surface area (Å²) in [5.74, 6) is -3.47. The Balaban J connectivity index is 1.92. The minimum absolute atomic E-state index is 0.0304. The number of halogens is 3. The number of carbonyl (C=O) groups excluding carboxylic acids is 2. The molecule has 3 rings (SSSR count). The van der Waals surface area contributed by atoms with Crippen molar-refractivity contribution >= 4 is 11.9 Å². The van der Waals surface area contributed by atoms with Gasteiger partial charge in [-0.2, -0.15) is 13.2 Å². The number of alkyl halides is 3. The van der Waals surface area contributed by atoms with Crippen LogP contribution in [0.5, 0.6) is 11.5 Å². The Morgan fingerprint density at radius 2 is 1.92 bits per heavy atom. The van der Waals surface area contributed by atoms with E-state index in [-0.39, 0.29) is 36.5 Å². The van der Waals surface area contributed by atoms with Gasteiger partial charge in [0.15, 0.2) is 0 Å². The van der Waals surface area contributed by atoms with Crippen LogP contribution in [0.1, 0.15) is 40.9 Å². The lowest BCUT2D eigenvalue weighted by molar-refractivity contribution is -0.183. The summed E-state index contributed by atoms with van der Waals surface area (Å²) in [6.45, 7) is 5.25. The molecule has 200 valence electrons. The van der Waals surface area contributed by atoms with E-state index in [9.17, 15) is 27.9 Å². The number of ether oxygens (including phenoxy) is 4. The van der Waals surface area contributed by atoms with Crippen LogP contribution in [0.15, 0.2) is 55.1 Å². The quantitative estimate of drug-likeness (QED) is 0.375. The molecule has 4 atom stereocenters. The van der Waals surface area contributed by atoms with Crippen LogP contribution in [0.2, 0.25) is 0 Å². The third-order valence-corrected chi connectivity index (χ3v) is 5.83. The van der Waals surface area contributed by atoms with Gasteiger partial charge in [-0.3, -0.25) is 4.79 Å². The first-order chi connectivity index (χ1) is 17.6. The fraction of sp³-hybridized carbons (Fsp3) is 0.385. The van der Waals surface area contributed by atoms with Crippen molar-refractivity contribution in [1.29, 1.82) is 0 Å². The predicted octanol–water partition coefficient (Wildman–Crippen LogP) is 4.23. The second-order valence-corrected chi connectivity index (χ2v) is 8.37. The van der Waals surface area contributed by atoms with E-state index in [0.717, 1.165) is 12.7 Å². The molecule has 11 heteroatoms. The van der Waals surface area contributed by atoms with E-state index in [2.05, 4.69) is 6.58 Å². The Morgan fingerprint density at radius 1 is 1.22 bits per heavy atom. The number of hydrogen-bond donors (Lipinski definition) is 2. The van der Waals surface area contributed by atoms with Gasteiger partial charge in [0.05, 0.1) is 32.0 Å². The van der Waals surface area contributed by atoms with E-state index >= 15 is 0 Å². The summed E-state index contributed by atoms with van der Waals surface area (Å²) in [6.07, 6.45) is -6.54. The first-order valence-electron chi connectivity index (χ1n) is 11.4. The van der Waals surface area contributed by atoms with Crippen LogP contribution in [0.3, 0.4) is 0 Å². The van der Waals surface area contributed by atoms with Gasteiger partial charge in [0, 0.05) is 12.0 Å². The standard InChI is InChI=1S/C26H28F3NO7/c1-4-12-35-19-11-10-17(22(31)21(19)24(32)34-3)20-13-18(30-25(33)26(27,28)29)23(15(2)37-20)36-14-16-8-6-5-7-9-16/h4-11,15,18,20,23,31H,1,12-14H2,2-3H3,(H,30,33)/t15?,18-,20-,23-/m1/s1. The van der Waals surface area contributed by atoms with Crippen LogP contribution in [0, 0.1) is 0 Å². The SMILES string of the molecule is C=CCOc1ccc([C@H]2C[C@@H](NC(=O)C(F)(F)F)[C@H](OCc3ccccc3)C(C)O2)c(O)c1C(=O)OC. The van der Waals surface area contributed by atoms with Crippen LogP contribution in [0.25, 0.3) is 0 Å². The van der Waals surface area contributed by atoms with Crippen molar-refractivity contribution in [2.45, 2.75) is 50.5 Å². The molecule has 2 N–H and O–H groups in total. The molecule has 1 aliphatic rings. The molecule has 0 aromatic heterocycles. The van der Waals surface area contributed by atoms with Gasteiger partial charge in [-0.05, 0) is 24.6 Å². The third kappa shape index (κ3) is 6.80. The van der Waals surface area contributed by atoms with Crippen molar-refractivity contribution in [2.75, 3.05) is 13.7 Å². The maximum Gasteiger partial charge on any atom is 0.471 e. The molecule has 1 saturated heterocycles. The summed E-state index contributed by atoms with van der Waals surface area (Å²) in [4.78, 5) is 24.2. The first-order valence-corrected chi connectivity index (χ1v) is 11.4. The summed E-state index contributed by atoms with van der Waals surface area (Å²) in [5, 5.41) is 12.9. The number of hydrogen-bond acceptors (Lipinski definition) is 7. The average Bonchev–Trinajstić information content (AvgIpc) is 2.86. The minimum Gasteiger partial charge on any atom is -0.507 e. The van der Waals surface area contributed by atoms with Gasteiger partial charge in [0.25, 0.3) is 0 Å². The molecule has 1 heterocycles. The van der Waals surface area contributed by atoms with Crippen LogP contribution in [-0.2, 0) is 25.6 Å². The molecule has 37 heavy (non-hydrogen) atoms. The van der Waals surface area contributed by atoms with Crippen LogP contribution in [-0.4, -0.2) is 55.1 Å². The van der Waals surface area contributed by atoms with E-state index in [1.165, 1.54) is 18.2 Å². The Labute approximate surface area is 212 Å². The number of amides is 1. The molecule has 1 fully saturated rings. The first kappa shape index (κ1) is 28.0. The topological polar surface area (TPSA) is 103 Å². The number of nitrogens with one attached hydrogen (secondary N) is 1. The number of aromatic hydroxyl groups is 1. The number of phenolic OH excluding ortho intramolecular Hbond substituents is 1. The zero-order valence-electron chi connectivity index (χ0n) is 20.3. The van der Waals surface area contributed by atoms with Crippen molar-refractivity contribution in [3.8, 4) is 11.5 Å². The molecule has 8 nitrogen and oxygen atoms in total. The molecule has 0 radical (unpaired) electrons. The molecular formula is C26H28F3NO7. The highest BCUT2D eigenvalue weighted by Gasteiger charge is 2.45. The van der Waals surface area contributed by atoms with Gasteiger partial charge >= 0.3 is 18.1 Å². The largest absolute Gasteiger partial charge is 0.507 e. The van der Waals surface area contributed by atoms with Crippen molar-refractivity contribution in [3.63, 3.8) is 0 Å². The normalized spacial score (nSPS) is 21.6. The number of phenols is 1. The second kappa shape index (κ2) is 12.1. The monoisotopic (exact) mass is 523 g/mol. The average molecular weight is 524 g/mol. The van der Waals surface area contributed by atoms with Gasteiger partial charge in [-0.1, -0.05) is 43.0 Å². The molecule has 0 saturated carbocycles. The fourth-order valence-electron chi connectivity index (χ4n) is 4.11. The molecule has 0 aliphatic carbocycles. The molecule has 1 aliphatic heterocycles. The maximum absolute atomic E-state index is 13.1. The second-order valence-electron chi connectivity index (χ2n) is 8.37. The Kier molecular flexibility index (Phi) is 9.17. The highest BCUT2D eigenvalue weighted by atomic mass is 19.4. The van der Waals surface area contributed by atoms with Gasteiger partial charge in [-0.15, -0.1) is 0 Å². The minimum atomic E-state index is -5.11.